The van der Waals surface area contributed by atoms with Crippen molar-refractivity contribution in [3.63, 3.8) is 0 Å². The number of amides is 1. The highest BCUT2D eigenvalue weighted by Gasteiger charge is 2.35. The molecule has 1 amide bonds. The Balaban J connectivity index is 1.69. The zero-order valence-corrected chi connectivity index (χ0v) is 13.4. The van der Waals surface area contributed by atoms with Gasteiger partial charge in [-0.15, -0.1) is 0 Å². The van der Waals surface area contributed by atoms with Crippen LogP contribution in [0, 0.1) is 17.6 Å². The van der Waals surface area contributed by atoms with E-state index in [1.807, 2.05) is 0 Å². The standard InChI is InChI=1S/C15H18F2N2O3S/c16-12-4-5-14(13(17)10-12)23(21,22)19-8-6-18(7-9-19)15(20)11-2-1-3-11/h4-5,10-11H,1-3,6-9H2. The van der Waals surface area contributed by atoms with Crippen LogP contribution in [0.3, 0.4) is 0 Å². The van der Waals surface area contributed by atoms with Crippen LogP contribution in [0.4, 0.5) is 8.78 Å². The summed E-state index contributed by atoms with van der Waals surface area (Å²) in [6, 6.07) is 2.42. The second-order valence-electron chi connectivity index (χ2n) is 5.93. The fourth-order valence-electron chi connectivity index (χ4n) is 2.89. The summed E-state index contributed by atoms with van der Waals surface area (Å²) in [4.78, 5) is 13.3. The first kappa shape index (κ1) is 16.3. The van der Waals surface area contributed by atoms with Crippen LogP contribution < -0.4 is 0 Å². The number of carbonyl (C=O) groups is 1. The minimum absolute atomic E-state index is 0.0766. The van der Waals surface area contributed by atoms with E-state index in [0.717, 1.165) is 35.7 Å². The third-order valence-corrected chi connectivity index (χ3v) is 6.45. The molecule has 3 rings (SSSR count). The molecule has 2 fully saturated rings. The molecule has 1 aliphatic carbocycles. The van der Waals surface area contributed by atoms with Crippen LogP contribution in [-0.4, -0.2) is 49.7 Å². The second kappa shape index (κ2) is 6.16. The molecule has 0 spiro atoms. The maximum atomic E-state index is 13.8. The molecule has 1 aromatic rings. The molecule has 0 atom stereocenters. The summed E-state index contributed by atoms with van der Waals surface area (Å²) in [6.07, 6.45) is 2.87. The summed E-state index contributed by atoms with van der Waals surface area (Å²) in [5, 5.41) is 0. The van der Waals surface area contributed by atoms with Gasteiger partial charge in [-0.1, -0.05) is 6.42 Å². The van der Waals surface area contributed by atoms with Crippen molar-refractivity contribution in [3.05, 3.63) is 29.8 Å². The Morgan fingerprint density at radius 3 is 2.26 bits per heavy atom. The van der Waals surface area contributed by atoms with E-state index in [4.69, 9.17) is 0 Å². The first-order valence-electron chi connectivity index (χ1n) is 7.63. The van der Waals surface area contributed by atoms with Gasteiger partial charge in [0, 0.05) is 38.2 Å². The van der Waals surface area contributed by atoms with Crippen LogP contribution in [0.25, 0.3) is 0 Å². The third kappa shape index (κ3) is 3.10. The van der Waals surface area contributed by atoms with Crippen LogP contribution in [0.1, 0.15) is 19.3 Å². The summed E-state index contributed by atoms with van der Waals surface area (Å²) >= 11 is 0. The van der Waals surface area contributed by atoms with Crippen LogP contribution in [0.5, 0.6) is 0 Å². The normalized spacial score (nSPS) is 20.3. The molecule has 1 heterocycles. The highest BCUT2D eigenvalue weighted by atomic mass is 32.2. The molecular weight excluding hydrogens is 326 g/mol. The van der Waals surface area contributed by atoms with Crippen molar-refractivity contribution in [2.75, 3.05) is 26.2 Å². The third-order valence-electron chi connectivity index (χ3n) is 4.52. The molecule has 0 N–H and O–H groups in total. The maximum absolute atomic E-state index is 13.8. The Morgan fingerprint density at radius 1 is 1.09 bits per heavy atom. The molecule has 1 aliphatic heterocycles. The highest BCUT2D eigenvalue weighted by molar-refractivity contribution is 7.89. The van der Waals surface area contributed by atoms with Gasteiger partial charge in [0.1, 0.15) is 16.5 Å². The van der Waals surface area contributed by atoms with Gasteiger partial charge >= 0.3 is 0 Å². The van der Waals surface area contributed by atoms with E-state index in [1.165, 1.54) is 0 Å². The van der Waals surface area contributed by atoms with Crippen molar-refractivity contribution in [1.82, 2.24) is 9.21 Å². The lowest BCUT2D eigenvalue weighted by Crippen LogP contribution is -2.52. The van der Waals surface area contributed by atoms with Gasteiger partial charge in [-0.05, 0) is 25.0 Å². The predicted octanol–water partition coefficient (Wildman–Crippen LogP) is 1.60. The number of rotatable bonds is 3. The van der Waals surface area contributed by atoms with E-state index < -0.39 is 26.6 Å². The van der Waals surface area contributed by atoms with Crippen molar-refractivity contribution < 1.29 is 22.0 Å². The first-order valence-corrected chi connectivity index (χ1v) is 9.07. The molecule has 23 heavy (non-hydrogen) atoms. The Kier molecular flexibility index (Phi) is 4.37. The number of halogens is 2. The number of hydrogen-bond acceptors (Lipinski definition) is 3. The monoisotopic (exact) mass is 344 g/mol. The molecule has 0 aromatic heterocycles. The molecule has 126 valence electrons. The van der Waals surface area contributed by atoms with Gasteiger partial charge in [0.2, 0.25) is 15.9 Å². The molecule has 8 heteroatoms. The fraction of sp³-hybridized carbons (Fsp3) is 0.533. The van der Waals surface area contributed by atoms with Crippen LogP contribution >= 0.6 is 0 Å². The number of nitrogens with zero attached hydrogens (tertiary/aromatic N) is 2. The molecular formula is C15H18F2N2O3S. The summed E-state index contributed by atoms with van der Waals surface area (Å²) in [5.74, 6) is -1.76. The molecule has 1 saturated heterocycles. The summed E-state index contributed by atoms with van der Waals surface area (Å²) in [5.41, 5.74) is 0. The average molecular weight is 344 g/mol. The van der Waals surface area contributed by atoms with Gasteiger partial charge in [0.05, 0.1) is 0 Å². The Bertz CT molecular complexity index is 711. The van der Waals surface area contributed by atoms with E-state index in [2.05, 4.69) is 0 Å². The Labute approximate surface area is 133 Å². The number of benzene rings is 1. The van der Waals surface area contributed by atoms with Crippen molar-refractivity contribution in [2.45, 2.75) is 24.2 Å². The topological polar surface area (TPSA) is 57.7 Å². The van der Waals surface area contributed by atoms with E-state index >= 15 is 0 Å². The summed E-state index contributed by atoms with van der Waals surface area (Å²) in [6.45, 7) is 0.851. The van der Waals surface area contributed by atoms with Gasteiger partial charge in [0.25, 0.3) is 0 Å². The van der Waals surface area contributed by atoms with E-state index in [9.17, 15) is 22.0 Å². The first-order chi connectivity index (χ1) is 10.9. The van der Waals surface area contributed by atoms with E-state index in [1.54, 1.807) is 4.90 Å². The lowest BCUT2D eigenvalue weighted by atomic mass is 9.84. The molecule has 1 aromatic carbocycles. The molecule has 0 radical (unpaired) electrons. The van der Waals surface area contributed by atoms with Crippen molar-refractivity contribution in [2.24, 2.45) is 5.92 Å². The van der Waals surface area contributed by atoms with E-state index in [0.29, 0.717) is 19.2 Å². The largest absolute Gasteiger partial charge is 0.340 e. The molecule has 5 nitrogen and oxygen atoms in total. The van der Waals surface area contributed by atoms with Crippen molar-refractivity contribution in [3.8, 4) is 0 Å². The quantitative estimate of drug-likeness (QED) is 0.837. The smallest absolute Gasteiger partial charge is 0.246 e. The number of carbonyl (C=O) groups excluding carboxylic acids is 1. The van der Waals surface area contributed by atoms with Gasteiger partial charge < -0.3 is 4.90 Å². The van der Waals surface area contributed by atoms with Gasteiger partial charge in [0.15, 0.2) is 0 Å². The second-order valence-corrected chi connectivity index (χ2v) is 7.84. The van der Waals surface area contributed by atoms with Crippen molar-refractivity contribution >= 4 is 15.9 Å². The summed E-state index contributed by atoms with van der Waals surface area (Å²) < 4.78 is 52.8. The number of piperazine rings is 1. The van der Waals surface area contributed by atoms with Gasteiger partial charge in [-0.3, -0.25) is 4.79 Å². The van der Waals surface area contributed by atoms with Crippen LogP contribution in [0.15, 0.2) is 23.1 Å². The molecule has 0 unspecified atom stereocenters. The molecule has 2 aliphatic rings. The predicted molar refractivity (Wildman–Crippen MR) is 79.0 cm³/mol. The zero-order chi connectivity index (χ0) is 16.6. The maximum Gasteiger partial charge on any atom is 0.246 e. The van der Waals surface area contributed by atoms with Gasteiger partial charge in [-0.2, -0.15) is 4.31 Å². The summed E-state index contributed by atoms with van der Waals surface area (Å²) in [7, 11) is -4.02. The molecule has 0 bridgehead atoms. The highest BCUT2D eigenvalue weighted by Crippen LogP contribution is 2.29. The lowest BCUT2D eigenvalue weighted by molar-refractivity contribution is -0.139. The van der Waals surface area contributed by atoms with Crippen LogP contribution in [0.2, 0.25) is 0 Å². The van der Waals surface area contributed by atoms with Crippen molar-refractivity contribution in [1.29, 1.82) is 0 Å². The molecule has 1 saturated carbocycles. The minimum Gasteiger partial charge on any atom is -0.340 e. The van der Waals surface area contributed by atoms with Gasteiger partial charge in [-0.25, -0.2) is 17.2 Å². The SMILES string of the molecule is O=C(C1CCC1)N1CCN(S(=O)(=O)c2ccc(F)cc2F)CC1. The zero-order valence-electron chi connectivity index (χ0n) is 12.5. The fourth-order valence-corrected chi connectivity index (χ4v) is 4.35. The minimum atomic E-state index is -4.02. The average Bonchev–Trinajstić information content (AvgIpc) is 2.45. The Morgan fingerprint density at radius 2 is 1.74 bits per heavy atom. The number of sulfonamides is 1. The lowest BCUT2D eigenvalue weighted by Gasteiger charge is -2.37. The van der Waals surface area contributed by atoms with Crippen LogP contribution in [-0.2, 0) is 14.8 Å². The number of hydrogen-bond donors (Lipinski definition) is 0. The Hall–Kier alpha value is -1.54. The van der Waals surface area contributed by atoms with E-state index in [-0.39, 0.29) is 24.9 Å².